The largest absolute Gasteiger partial charge is 0.417 e. The molecule has 0 fully saturated rings. The van der Waals surface area contributed by atoms with Crippen LogP contribution >= 0.6 is 11.3 Å². The molecule has 1 N–H and O–H groups in total. The quantitative estimate of drug-likeness (QED) is 0.307. The van der Waals surface area contributed by atoms with Gasteiger partial charge < -0.3 is 5.32 Å². The van der Waals surface area contributed by atoms with Gasteiger partial charge in [-0.15, -0.1) is 11.3 Å². The predicted octanol–water partition coefficient (Wildman–Crippen LogP) is 5.96. The third-order valence-corrected chi connectivity index (χ3v) is 6.15. The maximum atomic E-state index is 13.3. The van der Waals surface area contributed by atoms with Crippen molar-refractivity contribution in [3.63, 3.8) is 0 Å². The first-order chi connectivity index (χ1) is 16.8. The number of nitrogens with one attached hydrogen (secondary N) is 1. The molecule has 0 aliphatic heterocycles. The SMILES string of the molecule is O=C(Nc1cccc(-c2ccnc3c(C(=O)c4cccs4)cnn23)c1)c1ccccc1C(F)(F)F. The molecule has 1 amide bonds. The third kappa shape index (κ3) is 4.31. The van der Waals surface area contributed by atoms with Crippen LogP contribution in [0, 0.1) is 0 Å². The molecule has 2 aromatic carbocycles. The smallest absolute Gasteiger partial charge is 0.322 e. The van der Waals surface area contributed by atoms with E-state index in [2.05, 4.69) is 15.4 Å². The van der Waals surface area contributed by atoms with Crippen molar-refractivity contribution in [3.8, 4) is 11.3 Å². The normalized spacial score (nSPS) is 11.5. The Morgan fingerprint density at radius 3 is 2.54 bits per heavy atom. The molecule has 174 valence electrons. The Labute approximate surface area is 200 Å². The Kier molecular flexibility index (Phi) is 5.65. The lowest BCUT2D eigenvalue weighted by Crippen LogP contribution is -2.18. The number of aromatic nitrogens is 3. The standard InChI is InChI=1S/C25H15F3N4O2S/c26-25(27,28)19-8-2-1-7-17(19)24(34)31-16-6-3-5-15(13-16)20-10-11-29-23-18(14-30-32(20)23)22(33)21-9-4-12-35-21/h1-14H,(H,31,34). The Balaban J connectivity index is 1.48. The minimum Gasteiger partial charge on any atom is -0.322 e. The molecule has 0 atom stereocenters. The summed E-state index contributed by atoms with van der Waals surface area (Å²) in [5.41, 5.74) is 0.752. The molecule has 3 aromatic heterocycles. The van der Waals surface area contributed by atoms with Crippen LogP contribution in [0.4, 0.5) is 18.9 Å². The van der Waals surface area contributed by atoms with E-state index < -0.39 is 23.2 Å². The Hall–Kier alpha value is -4.31. The number of amides is 1. The average Bonchev–Trinajstić information content (AvgIpc) is 3.54. The van der Waals surface area contributed by atoms with E-state index in [1.165, 1.54) is 34.2 Å². The highest BCUT2D eigenvalue weighted by molar-refractivity contribution is 7.12. The maximum Gasteiger partial charge on any atom is 0.417 e. The number of nitrogens with zero attached hydrogens (tertiary/aromatic N) is 3. The minimum atomic E-state index is -4.66. The number of fused-ring (bicyclic) bond motifs is 1. The lowest BCUT2D eigenvalue weighted by atomic mass is 10.1. The maximum absolute atomic E-state index is 13.3. The van der Waals surface area contributed by atoms with Crippen LogP contribution in [0.5, 0.6) is 0 Å². The van der Waals surface area contributed by atoms with Gasteiger partial charge in [0.15, 0.2) is 5.65 Å². The van der Waals surface area contributed by atoms with Gasteiger partial charge in [0.25, 0.3) is 5.91 Å². The molecule has 6 nitrogen and oxygen atoms in total. The summed E-state index contributed by atoms with van der Waals surface area (Å²) in [4.78, 5) is 30.4. The van der Waals surface area contributed by atoms with Gasteiger partial charge >= 0.3 is 6.18 Å². The van der Waals surface area contributed by atoms with E-state index in [4.69, 9.17) is 0 Å². The summed E-state index contributed by atoms with van der Waals surface area (Å²) in [7, 11) is 0. The van der Waals surface area contributed by atoms with E-state index in [-0.39, 0.29) is 5.78 Å². The number of hydrogen-bond donors (Lipinski definition) is 1. The molecule has 5 aromatic rings. The zero-order valence-corrected chi connectivity index (χ0v) is 18.6. The molecule has 0 aliphatic rings. The number of alkyl halides is 3. The molecule has 0 aliphatic carbocycles. The fourth-order valence-electron chi connectivity index (χ4n) is 3.69. The van der Waals surface area contributed by atoms with Crippen LogP contribution in [-0.2, 0) is 6.18 Å². The van der Waals surface area contributed by atoms with Gasteiger partial charge in [-0.1, -0.05) is 30.3 Å². The van der Waals surface area contributed by atoms with Crippen LogP contribution in [0.25, 0.3) is 16.9 Å². The van der Waals surface area contributed by atoms with E-state index in [0.29, 0.717) is 33.0 Å². The van der Waals surface area contributed by atoms with E-state index >= 15 is 0 Å². The van der Waals surface area contributed by atoms with Gasteiger partial charge in [0.1, 0.15) is 0 Å². The second-order valence-corrected chi connectivity index (χ2v) is 8.46. The van der Waals surface area contributed by atoms with Gasteiger partial charge in [0.2, 0.25) is 5.78 Å². The lowest BCUT2D eigenvalue weighted by Gasteiger charge is -2.13. The average molecular weight is 492 g/mol. The first kappa shape index (κ1) is 22.5. The molecule has 3 heterocycles. The second-order valence-electron chi connectivity index (χ2n) is 7.51. The molecule has 0 bridgehead atoms. The summed E-state index contributed by atoms with van der Waals surface area (Å²) >= 11 is 1.32. The highest BCUT2D eigenvalue weighted by atomic mass is 32.1. The van der Waals surface area contributed by atoms with Crippen LogP contribution in [0.2, 0.25) is 0 Å². The Morgan fingerprint density at radius 1 is 0.943 bits per heavy atom. The number of halogens is 3. The van der Waals surface area contributed by atoms with E-state index in [9.17, 15) is 22.8 Å². The van der Waals surface area contributed by atoms with Crippen LogP contribution in [0.15, 0.2) is 84.5 Å². The van der Waals surface area contributed by atoms with Crippen LogP contribution in [0.3, 0.4) is 0 Å². The van der Waals surface area contributed by atoms with Gasteiger partial charge in [-0.2, -0.15) is 18.3 Å². The summed E-state index contributed by atoms with van der Waals surface area (Å²) in [6, 6.07) is 16.4. The lowest BCUT2D eigenvalue weighted by molar-refractivity contribution is -0.137. The number of carbonyl (C=O) groups is 2. The summed E-state index contributed by atoms with van der Waals surface area (Å²) < 4.78 is 41.4. The fourth-order valence-corrected chi connectivity index (χ4v) is 4.37. The van der Waals surface area contributed by atoms with Crippen molar-refractivity contribution in [2.24, 2.45) is 0 Å². The number of benzene rings is 2. The molecule has 0 saturated heterocycles. The monoisotopic (exact) mass is 492 g/mol. The number of hydrogen-bond acceptors (Lipinski definition) is 5. The first-order valence-corrected chi connectivity index (χ1v) is 11.2. The molecule has 10 heteroatoms. The van der Waals surface area contributed by atoms with Crippen molar-refractivity contribution < 1.29 is 22.8 Å². The van der Waals surface area contributed by atoms with E-state index in [1.54, 1.807) is 48.7 Å². The highest BCUT2D eigenvalue weighted by Gasteiger charge is 2.34. The summed E-state index contributed by atoms with van der Waals surface area (Å²) in [5, 5.41) is 8.67. The van der Waals surface area contributed by atoms with Crippen molar-refractivity contribution in [2.45, 2.75) is 6.18 Å². The van der Waals surface area contributed by atoms with Crippen molar-refractivity contribution >= 4 is 34.4 Å². The van der Waals surface area contributed by atoms with Gasteiger partial charge in [0, 0.05) is 17.4 Å². The van der Waals surface area contributed by atoms with Crippen molar-refractivity contribution in [1.29, 1.82) is 0 Å². The fraction of sp³-hybridized carbons (Fsp3) is 0.0400. The molecular formula is C25H15F3N4O2S. The molecule has 0 unspecified atom stereocenters. The van der Waals surface area contributed by atoms with E-state index in [0.717, 1.165) is 12.1 Å². The van der Waals surface area contributed by atoms with Gasteiger partial charge in [-0.05, 0) is 41.8 Å². The van der Waals surface area contributed by atoms with Crippen LogP contribution < -0.4 is 5.32 Å². The third-order valence-electron chi connectivity index (χ3n) is 5.28. The van der Waals surface area contributed by atoms with Crippen molar-refractivity contribution in [2.75, 3.05) is 5.32 Å². The van der Waals surface area contributed by atoms with Gasteiger partial charge in [-0.25, -0.2) is 9.50 Å². The first-order valence-electron chi connectivity index (χ1n) is 10.3. The molecule has 35 heavy (non-hydrogen) atoms. The zero-order valence-electron chi connectivity index (χ0n) is 17.8. The number of ketones is 1. The topological polar surface area (TPSA) is 76.4 Å². The minimum absolute atomic E-state index is 0.191. The summed E-state index contributed by atoms with van der Waals surface area (Å²) in [6.45, 7) is 0. The van der Waals surface area contributed by atoms with Crippen LogP contribution in [-0.4, -0.2) is 26.3 Å². The van der Waals surface area contributed by atoms with Crippen molar-refractivity contribution in [3.05, 3.63) is 106 Å². The zero-order chi connectivity index (χ0) is 24.6. The Bertz CT molecular complexity index is 1560. The Morgan fingerprint density at radius 2 is 1.77 bits per heavy atom. The summed E-state index contributed by atoms with van der Waals surface area (Å²) in [5.74, 6) is -1.07. The van der Waals surface area contributed by atoms with Gasteiger partial charge in [-0.3, -0.25) is 9.59 Å². The number of carbonyl (C=O) groups excluding carboxylic acids is 2. The molecule has 5 rings (SSSR count). The van der Waals surface area contributed by atoms with Crippen LogP contribution in [0.1, 0.15) is 31.2 Å². The number of anilines is 1. The molecule has 0 spiro atoms. The van der Waals surface area contributed by atoms with Gasteiger partial charge in [0.05, 0.1) is 33.5 Å². The second kappa shape index (κ2) is 8.80. The highest BCUT2D eigenvalue weighted by Crippen LogP contribution is 2.32. The van der Waals surface area contributed by atoms with E-state index in [1.807, 2.05) is 5.38 Å². The molecule has 0 saturated carbocycles. The van der Waals surface area contributed by atoms with Crippen molar-refractivity contribution in [1.82, 2.24) is 14.6 Å². The summed E-state index contributed by atoms with van der Waals surface area (Å²) in [6.07, 6.45) is -1.66. The molecule has 0 radical (unpaired) electrons. The molecular weight excluding hydrogens is 477 g/mol. The predicted molar refractivity (Wildman–Crippen MR) is 126 cm³/mol. The number of thiophene rings is 1. The number of rotatable bonds is 5.